The molecule has 136 valence electrons. The smallest absolute Gasteiger partial charge is 0.416 e. The molecule has 1 aromatic rings. The molecule has 0 amide bonds. The first-order chi connectivity index (χ1) is 11.3. The van der Waals surface area contributed by atoms with Gasteiger partial charge in [-0.05, 0) is 36.5 Å². The Morgan fingerprint density at radius 2 is 1.83 bits per heavy atom. The van der Waals surface area contributed by atoms with E-state index in [1.807, 2.05) is 0 Å². The number of alkyl halides is 3. The Balaban J connectivity index is 2.39. The van der Waals surface area contributed by atoms with Gasteiger partial charge in [-0.3, -0.25) is 4.90 Å². The van der Waals surface area contributed by atoms with Crippen LogP contribution in [0.1, 0.15) is 43.9 Å². The second-order valence-electron chi connectivity index (χ2n) is 6.72. The molecule has 0 spiro atoms. The standard InChI is InChI=1S/C18H27F3N2O/c1-13(2)4-7-17(23-10-8-22-9-11-23)15-6-5-14(24-3)12-16(15)18(19,20)21/h5-6,12-13,17,22H,4,7-11H2,1-3H3/t17-/m0/s1. The largest absolute Gasteiger partial charge is 0.497 e. The van der Waals surface area contributed by atoms with Crippen LogP contribution in [0.2, 0.25) is 0 Å². The van der Waals surface area contributed by atoms with E-state index < -0.39 is 11.7 Å². The number of ether oxygens (including phenoxy) is 1. The fraction of sp³-hybridized carbons (Fsp3) is 0.667. The fourth-order valence-corrected chi connectivity index (χ4v) is 3.22. The van der Waals surface area contributed by atoms with E-state index in [1.165, 1.54) is 7.11 Å². The minimum absolute atomic E-state index is 0.211. The van der Waals surface area contributed by atoms with Gasteiger partial charge in [-0.2, -0.15) is 13.2 Å². The van der Waals surface area contributed by atoms with Crippen LogP contribution < -0.4 is 10.1 Å². The minimum atomic E-state index is -4.38. The van der Waals surface area contributed by atoms with E-state index in [2.05, 4.69) is 24.1 Å². The predicted octanol–water partition coefficient (Wildman–Crippen LogP) is 4.10. The van der Waals surface area contributed by atoms with Gasteiger partial charge in [0, 0.05) is 32.2 Å². The average Bonchev–Trinajstić information content (AvgIpc) is 2.55. The van der Waals surface area contributed by atoms with Crippen molar-refractivity contribution in [2.75, 3.05) is 33.3 Å². The quantitative estimate of drug-likeness (QED) is 0.841. The molecule has 2 rings (SSSR count). The van der Waals surface area contributed by atoms with Gasteiger partial charge in [0.2, 0.25) is 0 Å². The van der Waals surface area contributed by atoms with Crippen LogP contribution in [-0.2, 0) is 6.18 Å². The summed E-state index contributed by atoms with van der Waals surface area (Å²) < 4.78 is 45.8. The third-order valence-corrected chi connectivity index (χ3v) is 4.53. The van der Waals surface area contributed by atoms with Crippen LogP contribution in [0, 0.1) is 5.92 Å². The van der Waals surface area contributed by atoms with Crippen LogP contribution in [0.15, 0.2) is 18.2 Å². The first-order valence-corrected chi connectivity index (χ1v) is 8.52. The Morgan fingerprint density at radius 3 is 2.38 bits per heavy atom. The number of methoxy groups -OCH3 is 1. The lowest BCUT2D eigenvalue weighted by atomic mass is 9.92. The number of hydrogen-bond donors (Lipinski definition) is 1. The molecule has 1 fully saturated rings. The molecule has 1 aromatic carbocycles. The van der Waals surface area contributed by atoms with E-state index >= 15 is 0 Å². The predicted molar refractivity (Wildman–Crippen MR) is 89.3 cm³/mol. The minimum Gasteiger partial charge on any atom is -0.497 e. The number of hydrogen-bond acceptors (Lipinski definition) is 3. The Labute approximate surface area is 142 Å². The lowest BCUT2D eigenvalue weighted by Gasteiger charge is -2.36. The summed E-state index contributed by atoms with van der Waals surface area (Å²) in [5.74, 6) is 0.706. The van der Waals surface area contributed by atoms with Crippen molar-refractivity contribution in [3.8, 4) is 5.75 Å². The zero-order valence-electron chi connectivity index (χ0n) is 14.6. The van der Waals surface area contributed by atoms with Gasteiger partial charge >= 0.3 is 6.18 Å². The third kappa shape index (κ3) is 4.86. The average molecular weight is 344 g/mol. The highest BCUT2D eigenvalue weighted by Gasteiger charge is 2.37. The van der Waals surface area contributed by atoms with Crippen LogP contribution in [0.3, 0.4) is 0 Å². The normalized spacial score (nSPS) is 18.0. The maximum absolute atomic E-state index is 13.6. The Bertz CT molecular complexity index is 525. The van der Waals surface area contributed by atoms with E-state index in [9.17, 15) is 13.2 Å². The van der Waals surface area contributed by atoms with Gasteiger partial charge < -0.3 is 10.1 Å². The van der Waals surface area contributed by atoms with Gasteiger partial charge in [-0.15, -0.1) is 0 Å². The van der Waals surface area contributed by atoms with Crippen molar-refractivity contribution in [3.05, 3.63) is 29.3 Å². The lowest BCUT2D eigenvalue weighted by Crippen LogP contribution is -2.45. The topological polar surface area (TPSA) is 24.5 Å². The highest BCUT2D eigenvalue weighted by atomic mass is 19.4. The van der Waals surface area contributed by atoms with Gasteiger partial charge in [-0.1, -0.05) is 19.9 Å². The van der Waals surface area contributed by atoms with Crippen molar-refractivity contribution in [1.82, 2.24) is 10.2 Å². The summed E-state index contributed by atoms with van der Waals surface area (Å²) in [6, 6.07) is 4.14. The molecule has 6 heteroatoms. The Kier molecular flexibility index (Phi) is 6.52. The van der Waals surface area contributed by atoms with Gasteiger partial charge in [0.1, 0.15) is 5.75 Å². The summed E-state index contributed by atoms with van der Waals surface area (Å²) in [6.45, 7) is 7.38. The summed E-state index contributed by atoms with van der Waals surface area (Å²) in [4.78, 5) is 2.18. The number of rotatable bonds is 6. The van der Waals surface area contributed by atoms with Crippen molar-refractivity contribution in [2.24, 2.45) is 5.92 Å². The zero-order chi connectivity index (χ0) is 17.7. The second kappa shape index (κ2) is 8.21. The summed E-state index contributed by atoms with van der Waals surface area (Å²) in [5.41, 5.74) is -0.208. The van der Waals surface area contributed by atoms with Crippen LogP contribution in [-0.4, -0.2) is 38.2 Å². The Morgan fingerprint density at radius 1 is 1.17 bits per heavy atom. The van der Waals surface area contributed by atoms with Crippen LogP contribution >= 0.6 is 0 Å². The van der Waals surface area contributed by atoms with Crippen LogP contribution in [0.4, 0.5) is 13.2 Å². The van der Waals surface area contributed by atoms with Gasteiger partial charge in [0.15, 0.2) is 0 Å². The molecule has 0 radical (unpaired) electrons. The summed E-state index contributed by atoms with van der Waals surface area (Å²) >= 11 is 0. The Hall–Kier alpha value is -1.27. The molecule has 24 heavy (non-hydrogen) atoms. The van der Waals surface area contributed by atoms with E-state index in [0.717, 1.165) is 45.1 Å². The number of nitrogens with zero attached hydrogens (tertiary/aromatic N) is 1. The number of halogens is 3. The molecular weight excluding hydrogens is 317 g/mol. The van der Waals surface area contributed by atoms with E-state index in [1.54, 1.807) is 12.1 Å². The molecule has 1 saturated heterocycles. The highest BCUT2D eigenvalue weighted by Crippen LogP contribution is 2.40. The SMILES string of the molecule is COc1ccc([C@H](CCC(C)C)N2CCNCC2)c(C(F)(F)F)c1. The van der Waals surface area contributed by atoms with Gasteiger partial charge in [0.25, 0.3) is 0 Å². The van der Waals surface area contributed by atoms with Crippen molar-refractivity contribution < 1.29 is 17.9 Å². The molecular formula is C18H27F3N2O. The number of nitrogens with one attached hydrogen (secondary N) is 1. The molecule has 1 aliphatic heterocycles. The van der Waals surface area contributed by atoms with Crippen molar-refractivity contribution >= 4 is 0 Å². The summed E-state index contributed by atoms with van der Waals surface area (Å²) in [7, 11) is 1.39. The van der Waals surface area contributed by atoms with Crippen molar-refractivity contribution in [2.45, 2.75) is 38.9 Å². The van der Waals surface area contributed by atoms with Gasteiger partial charge in [0.05, 0.1) is 12.7 Å². The molecule has 0 bridgehead atoms. The molecule has 1 aliphatic rings. The summed E-state index contributed by atoms with van der Waals surface area (Å²) in [6.07, 6.45) is -2.75. The van der Waals surface area contributed by atoms with E-state index in [0.29, 0.717) is 11.5 Å². The number of benzene rings is 1. The first kappa shape index (κ1) is 19.1. The van der Waals surface area contributed by atoms with Crippen LogP contribution in [0.5, 0.6) is 5.75 Å². The van der Waals surface area contributed by atoms with E-state index in [-0.39, 0.29) is 11.8 Å². The molecule has 0 aliphatic carbocycles. The molecule has 0 unspecified atom stereocenters. The maximum Gasteiger partial charge on any atom is 0.416 e. The second-order valence-corrected chi connectivity index (χ2v) is 6.72. The molecule has 3 nitrogen and oxygen atoms in total. The van der Waals surface area contributed by atoms with E-state index in [4.69, 9.17) is 4.74 Å². The monoisotopic (exact) mass is 344 g/mol. The number of piperazine rings is 1. The molecule has 1 heterocycles. The summed E-state index contributed by atoms with van der Waals surface area (Å²) in [5, 5.41) is 3.27. The molecule has 1 N–H and O–H groups in total. The first-order valence-electron chi connectivity index (χ1n) is 8.52. The van der Waals surface area contributed by atoms with Crippen molar-refractivity contribution in [1.29, 1.82) is 0 Å². The van der Waals surface area contributed by atoms with Crippen LogP contribution in [0.25, 0.3) is 0 Å². The maximum atomic E-state index is 13.6. The highest BCUT2D eigenvalue weighted by molar-refractivity contribution is 5.39. The van der Waals surface area contributed by atoms with Gasteiger partial charge in [-0.25, -0.2) is 0 Å². The lowest BCUT2D eigenvalue weighted by molar-refractivity contribution is -0.139. The van der Waals surface area contributed by atoms with Crippen molar-refractivity contribution in [3.63, 3.8) is 0 Å². The zero-order valence-corrected chi connectivity index (χ0v) is 14.6. The fourth-order valence-electron chi connectivity index (χ4n) is 3.22. The third-order valence-electron chi connectivity index (χ3n) is 4.53. The molecule has 1 atom stereocenters. The molecule has 0 saturated carbocycles. The molecule has 0 aromatic heterocycles.